The molecule has 0 spiro atoms. The fourth-order valence-electron chi connectivity index (χ4n) is 3.14. The number of hydrogen-bond acceptors (Lipinski definition) is 2. The average Bonchev–Trinajstić information content (AvgIpc) is 2.66. The number of carbonyl (C=O) groups excluding carboxylic acids is 1. The van der Waals surface area contributed by atoms with Crippen LogP contribution in [0.2, 0.25) is 0 Å². The zero-order valence-corrected chi connectivity index (χ0v) is 16.1. The number of para-hydroxylation sites is 1. The van der Waals surface area contributed by atoms with Crippen molar-refractivity contribution in [2.45, 2.75) is 71.1 Å². The normalized spacial score (nSPS) is 10.7. The lowest BCUT2D eigenvalue weighted by Crippen LogP contribution is -2.09. The molecule has 0 aromatic heterocycles. The summed E-state index contributed by atoms with van der Waals surface area (Å²) in [4.78, 5) is 12.2. The molecule has 2 aromatic rings. The smallest absolute Gasteiger partial charge is 0.311 e. The van der Waals surface area contributed by atoms with Gasteiger partial charge in [-0.2, -0.15) is 0 Å². The molecule has 2 heteroatoms. The number of carbonyl (C=O) groups is 1. The third-order valence-electron chi connectivity index (χ3n) is 4.67. The Kier molecular flexibility index (Phi) is 9.56. The van der Waals surface area contributed by atoms with E-state index in [9.17, 15) is 4.79 Å². The van der Waals surface area contributed by atoms with E-state index in [1.807, 2.05) is 42.5 Å². The molecule has 0 aliphatic carbocycles. The molecule has 0 fully saturated rings. The summed E-state index contributed by atoms with van der Waals surface area (Å²) in [6.07, 6.45) is 11.1. The summed E-state index contributed by atoms with van der Waals surface area (Å²) in [5.74, 6) is 0.581. The number of unbranched alkanes of at least 4 members (excludes halogenated alkanes) is 7. The zero-order valence-electron chi connectivity index (χ0n) is 16.1. The first-order valence-electron chi connectivity index (χ1n) is 10.1. The van der Waals surface area contributed by atoms with E-state index in [2.05, 4.69) is 19.1 Å². The number of hydrogen-bond donors (Lipinski definition) is 0. The molecule has 140 valence electrons. The highest BCUT2D eigenvalue weighted by Gasteiger charge is 2.09. The van der Waals surface area contributed by atoms with Crippen LogP contribution in [0.25, 0.3) is 0 Å². The summed E-state index contributed by atoms with van der Waals surface area (Å²) in [5, 5.41) is 0. The van der Waals surface area contributed by atoms with Gasteiger partial charge in [-0.25, -0.2) is 0 Å². The summed E-state index contributed by atoms with van der Waals surface area (Å²) in [6.45, 7) is 2.24. The van der Waals surface area contributed by atoms with Crippen LogP contribution in [-0.2, 0) is 11.2 Å². The molecule has 0 saturated carbocycles. The van der Waals surface area contributed by atoms with Crippen molar-refractivity contribution in [3.8, 4) is 5.75 Å². The maximum absolute atomic E-state index is 12.2. The highest BCUT2D eigenvalue weighted by atomic mass is 16.5. The highest BCUT2D eigenvalue weighted by molar-refractivity contribution is 5.72. The van der Waals surface area contributed by atoms with Crippen molar-refractivity contribution in [2.24, 2.45) is 0 Å². The number of ether oxygens (including phenoxy) is 1. The van der Waals surface area contributed by atoms with Crippen molar-refractivity contribution in [3.63, 3.8) is 0 Å². The van der Waals surface area contributed by atoms with Gasteiger partial charge < -0.3 is 4.74 Å². The SMILES string of the molecule is CCCCCCCCCCC(=O)Oc1ccccc1Cc1ccccc1. The van der Waals surface area contributed by atoms with E-state index in [4.69, 9.17) is 4.74 Å². The Morgan fingerprint density at radius 1 is 0.769 bits per heavy atom. The molecule has 0 N–H and O–H groups in total. The molecule has 26 heavy (non-hydrogen) atoms. The van der Waals surface area contributed by atoms with Gasteiger partial charge in [0.05, 0.1) is 0 Å². The van der Waals surface area contributed by atoms with Gasteiger partial charge in [-0.1, -0.05) is 100 Å². The number of benzene rings is 2. The van der Waals surface area contributed by atoms with Crippen molar-refractivity contribution >= 4 is 5.97 Å². The van der Waals surface area contributed by atoms with Crippen molar-refractivity contribution in [1.29, 1.82) is 0 Å². The first kappa shape index (κ1) is 20.2. The van der Waals surface area contributed by atoms with E-state index in [1.165, 1.54) is 44.1 Å². The molecule has 0 bridgehead atoms. The highest BCUT2D eigenvalue weighted by Crippen LogP contribution is 2.22. The standard InChI is InChI=1S/C24H32O2/c1-2-3-4-5-6-7-8-12-19-24(25)26-23-18-14-13-17-22(23)20-21-15-10-9-11-16-21/h9-11,13-18H,2-8,12,19-20H2,1H3. The van der Waals surface area contributed by atoms with Gasteiger partial charge in [0.1, 0.15) is 5.75 Å². The molecule has 0 aliphatic rings. The number of rotatable bonds is 12. The van der Waals surface area contributed by atoms with Crippen molar-refractivity contribution < 1.29 is 9.53 Å². The summed E-state index contributed by atoms with van der Waals surface area (Å²) >= 11 is 0. The monoisotopic (exact) mass is 352 g/mol. The van der Waals surface area contributed by atoms with Crippen LogP contribution in [0.4, 0.5) is 0 Å². The van der Waals surface area contributed by atoms with Crippen molar-refractivity contribution in [1.82, 2.24) is 0 Å². The third-order valence-corrected chi connectivity index (χ3v) is 4.67. The predicted molar refractivity (Wildman–Crippen MR) is 109 cm³/mol. The first-order valence-corrected chi connectivity index (χ1v) is 10.1. The Morgan fingerprint density at radius 2 is 1.38 bits per heavy atom. The molecule has 2 rings (SSSR count). The van der Waals surface area contributed by atoms with Gasteiger partial charge in [0.25, 0.3) is 0 Å². The van der Waals surface area contributed by atoms with Crippen LogP contribution in [0.5, 0.6) is 5.75 Å². The zero-order chi connectivity index (χ0) is 18.5. The Hall–Kier alpha value is -2.09. The lowest BCUT2D eigenvalue weighted by atomic mass is 10.0. The molecule has 2 nitrogen and oxygen atoms in total. The minimum atomic E-state index is -0.114. The molecule has 0 amide bonds. The van der Waals surface area contributed by atoms with E-state index in [0.717, 1.165) is 24.8 Å². The molecule has 2 aromatic carbocycles. The summed E-state index contributed by atoms with van der Waals surface area (Å²) < 4.78 is 5.64. The largest absolute Gasteiger partial charge is 0.426 e. The molecule has 0 radical (unpaired) electrons. The van der Waals surface area contributed by atoms with Crippen LogP contribution in [0.15, 0.2) is 54.6 Å². The Balaban J connectivity index is 1.72. The fourth-order valence-corrected chi connectivity index (χ4v) is 3.14. The number of esters is 1. The molecule has 0 aliphatic heterocycles. The second-order valence-electron chi connectivity index (χ2n) is 6.97. The molecular weight excluding hydrogens is 320 g/mol. The molecule has 0 saturated heterocycles. The fraction of sp³-hybridized carbons (Fsp3) is 0.458. The maximum Gasteiger partial charge on any atom is 0.311 e. The van der Waals surface area contributed by atoms with Crippen LogP contribution in [0.3, 0.4) is 0 Å². The maximum atomic E-state index is 12.2. The Morgan fingerprint density at radius 3 is 2.12 bits per heavy atom. The van der Waals surface area contributed by atoms with Crippen LogP contribution >= 0.6 is 0 Å². The van der Waals surface area contributed by atoms with Crippen molar-refractivity contribution in [3.05, 3.63) is 65.7 Å². The van der Waals surface area contributed by atoms with Gasteiger partial charge in [0, 0.05) is 12.8 Å². The Bertz CT molecular complexity index is 634. The van der Waals surface area contributed by atoms with Crippen LogP contribution in [0, 0.1) is 0 Å². The minimum absolute atomic E-state index is 0.114. The van der Waals surface area contributed by atoms with Gasteiger partial charge >= 0.3 is 5.97 Å². The van der Waals surface area contributed by atoms with Gasteiger partial charge in [-0.15, -0.1) is 0 Å². The van der Waals surface area contributed by atoms with E-state index >= 15 is 0 Å². The third kappa shape index (κ3) is 7.86. The van der Waals surface area contributed by atoms with E-state index < -0.39 is 0 Å². The van der Waals surface area contributed by atoms with Gasteiger partial charge in [0.2, 0.25) is 0 Å². The minimum Gasteiger partial charge on any atom is -0.426 e. The molecule has 0 unspecified atom stereocenters. The lowest BCUT2D eigenvalue weighted by molar-refractivity contribution is -0.134. The lowest BCUT2D eigenvalue weighted by Gasteiger charge is -2.10. The predicted octanol–water partition coefficient (Wildman–Crippen LogP) is 6.71. The second-order valence-corrected chi connectivity index (χ2v) is 6.97. The topological polar surface area (TPSA) is 26.3 Å². The van der Waals surface area contributed by atoms with Gasteiger partial charge in [-0.3, -0.25) is 4.79 Å². The van der Waals surface area contributed by atoms with Gasteiger partial charge in [-0.05, 0) is 23.6 Å². The average molecular weight is 353 g/mol. The molecular formula is C24H32O2. The van der Waals surface area contributed by atoms with E-state index in [-0.39, 0.29) is 5.97 Å². The molecule has 0 atom stereocenters. The van der Waals surface area contributed by atoms with Crippen LogP contribution < -0.4 is 4.74 Å². The van der Waals surface area contributed by atoms with Gasteiger partial charge in [0.15, 0.2) is 0 Å². The quantitative estimate of drug-likeness (QED) is 0.241. The van der Waals surface area contributed by atoms with Crippen LogP contribution in [0.1, 0.15) is 75.8 Å². The summed E-state index contributed by atoms with van der Waals surface area (Å²) in [5.41, 5.74) is 2.28. The van der Waals surface area contributed by atoms with E-state index in [1.54, 1.807) is 0 Å². The van der Waals surface area contributed by atoms with Crippen molar-refractivity contribution in [2.75, 3.05) is 0 Å². The molecule has 0 heterocycles. The second kappa shape index (κ2) is 12.3. The van der Waals surface area contributed by atoms with Crippen LogP contribution in [-0.4, -0.2) is 5.97 Å². The summed E-state index contributed by atoms with van der Waals surface area (Å²) in [6, 6.07) is 18.1. The first-order chi connectivity index (χ1) is 12.8. The Labute approximate surface area is 158 Å². The summed E-state index contributed by atoms with van der Waals surface area (Å²) in [7, 11) is 0. The van der Waals surface area contributed by atoms with E-state index in [0.29, 0.717) is 12.2 Å².